The first-order chi connectivity index (χ1) is 14.9. The molecule has 7 nitrogen and oxygen atoms in total. The Bertz CT molecular complexity index is 1140. The smallest absolute Gasteiger partial charge is 0.343 e. The van der Waals surface area contributed by atoms with Crippen molar-refractivity contribution in [2.45, 2.75) is 20.0 Å². The van der Waals surface area contributed by atoms with Crippen molar-refractivity contribution in [3.05, 3.63) is 63.0 Å². The van der Waals surface area contributed by atoms with E-state index < -0.39 is 5.82 Å². The van der Waals surface area contributed by atoms with E-state index in [0.29, 0.717) is 52.6 Å². The summed E-state index contributed by atoms with van der Waals surface area (Å²) in [4.78, 5) is 11.6. The van der Waals surface area contributed by atoms with Crippen LogP contribution in [0.25, 0.3) is 11.1 Å². The molecule has 164 valence electrons. The molecule has 4 rings (SSSR count). The van der Waals surface area contributed by atoms with E-state index in [9.17, 15) is 9.18 Å². The highest BCUT2D eigenvalue weighted by Gasteiger charge is 2.18. The lowest BCUT2D eigenvalue weighted by atomic mass is 10.0. The quantitative estimate of drug-likeness (QED) is 0.594. The Morgan fingerprint density at radius 3 is 2.84 bits per heavy atom. The fraction of sp³-hybridized carbons (Fsp3) is 0.364. The number of benzene rings is 2. The van der Waals surface area contributed by atoms with E-state index in [1.165, 1.54) is 10.6 Å². The average Bonchev–Trinajstić information content (AvgIpc) is 3.39. The SMILES string of the molecule is Cc1cc(OCc2n[nH]c(=O)n2C)c(-c2cc(OCC3CCOC3)ccc2F)cc1Cl. The molecule has 1 atom stereocenters. The molecule has 0 aliphatic carbocycles. The number of hydrogen-bond donors (Lipinski definition) is 1. The molecule has 0 saturated carbocycles. The van der Waals surface area contributed by atoms with Gasteiger partial charge in [-0.3, -0.25) is 4.57 Å². The van der Waals surface area contributed by atoms with Crippen LogP contribution < -0.4 is 15.2 Å². The van der Waals surface area contributed by atoms with Crippen LogP contribution in [0, 0.1) is 18.7 Å². The average molecular weight is 448 g/mol. The topological polar surface area (TPSA) is 78.4 Å². The highest BCUT2D eigenvalue weighted by molar-refractivity contribution is 6.31. The van der Waals surface area contributed by atoms with Gasteiger partial charge in [-0.05, 0) is 49.2 Å². The Morgan fingerprint density at radius 2 is 2.13 bits per heavy atom. The summed E-state index contributed by atoms with van der Waals surface area (Å²) in [5, 5.41) is 6.79. The van der Waals surface area contributed by atoms with Gasteiger partial charge >= 0.3 is 5.69 Å². The predicted octanol–water partition coefficient (Wildman–Crippen LogP) is 3.87. The number of rotatable bonds is 7. The van der Waals surface area contributed by atoms with Gasteiger partial charge in [-0.15, -0.1) is 0 Å². The molecule has 1 unspecified atom stereocenters. The highest BCUT2D eigenvalue weighted by atomic mass is 35.5. The molecule has 1 aliphatic rings. The zero-order valence-corrected chi connectivity index (χ0v) is 18.0. The van der Waals surface area contributed by atoms with E-state index >= 15 is 0 Å². The van der Waals surface area contributed by atoms with Gasteiger partial charge in [0.1, 0.15) is 23.9 Å². The Balaban J connectivity index is 1.62. The summed E-state index contributed by atoms with van der Waals surface area (Å²) in [5.74, 6) is 1.31. The summed E-state index contributed by atoms with van der Waals surface area (Å²) in [6.45, 7) is 3.80. The molecule has 1 aromatic heterocycles. The van der Waals surface area contributed by atoms with Crippen molar-refractivity contribution in [3.8, 4) is 22.6 Å². The van der Waals surface area contributed by atoms with Gasteiger partial charge in [0.2, 0.25) is 0 Å². The molecule has 31 heavy (non-hydrogen) atoms. The van der Waals surface area contributed by atoms with Gasteiger partial charge < -0.3 is 14.2 Å². The number of halogens is 2. The number of ether oxygens (including phenoxy) is 3. The normalized spacial score (nSPS) is 15.9. The lowest BCUT2D eigenvalue weighted by Gasteiger charge is -2.16. The van der Waals surface area contributed by atoms with E-state index in [1.807, 2.05) is 6.92 Å². The number of hydrogen-bond acceptors (Lipinski definition) is 5. The standard InChI is InChI=1S/C22H23ClFN3O4/c1-13-7-20(31-12-21-25-26-22(28)27(21)2)17(9-18(13)23)16-8-15(3-4-19(16)24)30-11-14-5-6-29-10-14/h3-4,7-9,14H,5-6,10-12H2,1-2H3,(H,26,28). The van der Waals surface area contributed by atoms with Crippen molar-refractivity contribution in [2.75, 3.05) is 19.8 Å². The maximum atomic E-state index is 14.8. The first kappa shape index (κ1) is 21.4. The third kappa shape index (κ3) is 4.75. The molecule has 1 aliphatic heterocycles. The van der Waals surface area contributed by atoms with Crippen LogP contribution in [0.1, 0.15) is 17.8 Å². The summed E-state index contributed by atoms with van der Waals surface area (Å²) in [6, 6.07) is 8.02. The van der Waals surface area contributed by atoms with Crippen molar-refractivity contribution >= 4 is 11.6 Å². The molecule has 9 heteroatoms. The Labute approximate surface area is 183 Å². The van der Waals surface area contributed by atoms with Crippen LogP contribution in [0.15, 0.2) is 35.1 Å². The number of aromatic amines is 1. The fourth-order valence-corrected chi connectivity index (χ4v) is 3.53. The van der Waals surface area contributed by atoms with Gasteiger partial charge in [-0.2, -0.15) is 5.10 Å². The van der Waals surface area contributed by atoms with Crippen LogP contribution in [-0.4, -0.2) is 34.6 Å². The van der Waals surface area contributed by atoms with E-state index in [1.54, 1.807) is 31.3 Å². The first-order valence-electron chi connectivity index (χ1n) is 9.96. The van der Waals surface area contributed by atoms with Crippen LogP contribution in [0.2, 0.25) is 5.02 Å². The molecule has 0 spiro atoms. The molecule has 1 saturated heterocycles. The van der Waals surface area contributed by atoms with Crippen molar-refractivity contribution in [1.29, 1.82) is 0 Å². The van der Waals surface area contributed by atoms with Gasteiger partial charge in [0.25, 0.3) is 0 Å². The Hall–Kier alpha value is -2.84. The third-order valence-corrected chi connectivity index (χ3v) is 5.73. The molecule has 1 N–H and O–H groups in total. The van der Waals surface area contributed by atoms with Crippen LogP contribution in [0.4, 0.5) is 4.39 Å². The Kier molecular flexibility index (Phi) is 6.29. The molecule has 0 amide bonds. The van der Waals surface area contributed by atoms with Crippen LogP contribution in [-0.2, 0) is 18.4 Å². The zero-order valence-electron chi connectivity index (χ0n) is 17.3. The number of nitrogens with zero attached hydrogens (tertiary/aromatic N) is 2. The molecular weight excluding hydrogens is 425 g/mol. The lowest BCUT2D eigenvalue weighted by Crippen LogP contribution is -2.15. The lowest BCUT2D eigenvalue weighted by molar-refractivity contribution is 0.167. The number of H-pyrrole nitrogens is 1. The van der Waals surface area contributed by atoms with Gasteiger partial charge in [0.05, 0.1) is 13.2 Å². The maximum absolute atomic E-state index is 14.8. The summed E-state index contributed by atoms with van der Waals surface area (Å²) in [5.41, 5.74) is 1.25. The molecule has 2 aromatic carbocycles. The van der Waals surface area contributed by atoms with Crippen molar-refractivity contribution in [3.63, 3.8) is 0 Å². The summed E-state index contributed by atoms with van der Waals surface area (Å²) < 4.78 is 33.3. The largest absolute Gasteiger partial charge is 0.493 e. The minimum atomic E-state index is -0.423. The van der Waals surface area contributed by atoms with Crippen LogP contribution in [0.5, 0.6) is 11.5 Å². The van der Waals surface area contributed by atoms with E-state index in [4.69, 9.17) is 25.8 Å². The fourth-order valence-electron chi connectivity index (χ4n) is 3.37. The number of nitrogens with one attached hydrogen (secondary N) is 1. The summed E-state index contributed by atoms with van der Waals surface area (Å²) >= 11 is 6.33. The van der Waals surface area contributed by atoms with E-state index in [-0.39, 0.29) is 12.3 Å². The maximum Gasteiger partial charge on any atom is 0.343 e. The van der Waals surface area contributed by atoms with Crippen molar-refractivity contribution < 1.29 is 18.6 Å². The summed E-state index contributed by atoms with van der Waals surface area (Å²) in [7, 11) is 1.59. The first-order valence-corrected chi connectivity index (χ1v) is 10.3. The van der Waals surface area contributed by atoms with Gasteiger partial charge in [0.15, 0.2) is 5.82 Å². The third-order valence-electron chi connectivity index (χ3n) is 5.33. The number of aryl methyl sites for hydroxylation is 1. The monoisotopic (exact) mass is 447 g/mol. The molecule has 0 radical (unpaired) electrons. The molecule has 2 heterocycles. The molecule has 0 bridgehead atoms. The van der Waals surface area contributed by atoms with E-state index in [0.717, 1.165) is 18.6 Å². The molecule has 3 aromatic rings. The zero-order chi connectivity index (χ0) is 22.0. The minimum Gasteiger partial charge on any atom is -0.493 e. The number of aromatic nitrogens is 3. The van der Waals surface area contributed by atoms with Crippen molar-refractivity contribution in [2.24, 2.45) is 13.0 Å². The summed E-state index contributed by atoms with van der Waals surface area (Å²) in [6.07, 6.45) is 0.954. The van der Waals surface area contributed by atoms with Gasteiger partial charge in [-0.25, -0.2) is 14.3 Å². The minimum absolute atomic E-state index is 0.0306. The van der Waals surface area contributed by atoms with Gasteiger partial charge in [0, 0.05) is 35.7 Å². The second-order valence-corrected chi connectivity index (χ2v) is 7.98. The Morgan fingerprint density at radius 1 is 1.29 bits per heavy atom. The van der Waals surface area contributed by atoms with Gasteiger partial charge in [-0.1, -0.05) is 11.6 Å². The van der Waals surface area contributed by atoms with Crippen LogP contribution >= 0.6 is 11.6 Å². The predicted molar refractivity (Wildman–Crippen MR) is 114 cm³/mol. The van der Waals surface area contributed by atoms with E-state index in [2.05, 4.69) is 10.2 Å². The van der Waals surface area contributed by atoms with Crippen molar-refractivity contribution in [1.82, 2.24) is 14.8 Å². The van der Waals surface area contributed by atoms with Crippen LogP contribution in [0.3, 0.4) is 0 Å². The molecule has 1 fully saturated rings. The molecular formula is C22H23ClFN3O4. The second-order valence-electron chi connectivity index (χ2n) is 7.57. The highest BCUT2D eigenvalue weighted by Crippen LogP contribution is 2.38. The second kappa shape index (κ2) is 9.11.